The number of nitrogens with one attached hydrogen (secondary N) is 1. The number of nitrogens with zero attached hydrogens (tertiary/aromatic N) is 4. The molecule has 2 aromatic heterocycles. The molecule has 0 aromatic carbocycles. The summed E-state index contributed by atoms with van der Waals surface area (Å²) in [5.74, 6) is 3.05. The van der Waals surface area contributed by atoms with Crippen LogP contribution in [0, 0.1) is 11.8 Å². The number of H-pyrrole nitrogens is 1. The summed E-state index contributed by atoms with van der Waals surface area (Å²) in [6.45, 7) is 1.93. The third kappa shape index (κ3) is 2.84. The summed E-state index contributed by atoms with van der Waals surface area (Å²) in [5, 5.41) is 7.34. The molecule has 0 unspecified atom stereocenters. The maximum absolute atomic E-state index is 12.8. The SMILES string of the molecule is COCc1nc([C@H]2CN(C(=O)c3ccn(C)c3)C[C@@H]2C2CC2)n[nH]1. The quantitative estimate of drug-likeness (QED) is 0.903. The number of carbonyl (C=O) groups is 1. The van der Waals surface area contributed by atoms with Crippen LogP contribution < -0.4 is 0 Å². The van der Waals surface area contributed by atoms with Crippen LogP contribution in [0.1, 0.15) is 40.8 Å². The first-order valence-electron chi connectivity index (χ1n) is 8.47. The van der Waals surface area contributed by atoms with E-state index in [1.807, 2.05) is 35.0 Å². The number of methoxy groups -OCH3 is 1. The average Bonchev–Trinajstić information content (AvgIpc) is 2.99. The van der Waals surface area contributed by atoms with Gasteiger partial charge in [0.2, 0.25) is 0 Å². The van der Waals surface area contributed by atoms with Crippen molar-refractivity contribution in [3.63, 3.8) is 0 Å². The van der Waals surface area contributed by atoms with Gasteiger partial charge in [0.25, 0.3) is 5.91 Å². The van der Waals surface area contributed by atoms with Crippen LogP contribution in [0.5, 0.6) is 0 Å². The van der Waals surface area contributed by atoms with Crippen molar-refractivity contribution in [2.24, 2.45) is 18.9 Å². The Balaban J connectivity index is 1.54. The van der Waals surface area contributed by atoms with E-state index in [1.165, 1.54) is 12.8 Å². The van der Waals surface area contributed by atoms with Crippen molar-refractivity contribution in [1.82, 2.24) is 24.6 Å². The number of amides is 1. The summed E-state index contributed by atoms with van der Waals surface area (Å²) in [6, 6.07) is 1.88. The first-order chi connectivity index (χ1) is 11.7. The zero-order valence-corrected chi connectivity index (χ0v) is 14.1. The summed E-state index contributed by atoms with van der Waals surface area (Å²) in [4.78, 5) is 19.3. The van der Waals surface area contributed by atoms with Crippen LogP contribution >= 0.6 is 0 Å². The first kappa shape index (κ1) is 15.4. The molecule has 7 nitrogen and oxygen atoms in total. The van der Waals surface area contributed by atoms with Crippen LogP contribution in [0.3, 0.4) is 0 Å². The monoisotopic (exact) mass is 329 g/mol. The Bertz CT molecular complexity index is 733. The fourth-order valence-corrected chi connectivity index (χ4v) is 3.76. The van der Waals surface area contributed by atoms with Gasteiger partial charge in [0.1, 0.15) is 6.61 Å². The van der Waals surface area contributed by atoms with Crippen LogP contribution in [-0.4, -0.2) is 50.8 Å². The van der Waals surface area contributed by atoms with E-state index in [1.54, 1.807) is 7.11 Å². The zero-order chi connectivity index (χ0) is 16.7. The number of aromatic amines is 1. The minimum Gasteiger partial charge on any atom is -0.377 e. The second-order valence-electron chi connectivity index (χ2n) is 6.96. The summed E-state index contributed by atoms with van der Waals surface area (Å²) < 4.78 is 7.02. The third-order valence-corrected chi connectivity index (χ3v) is 5.12. The second kappa shape index (κ2) is 6.05. The van der Waals surface area contributed by atoms with Crippen LogP contribution in [0.25, 0.3) is 0 Å². The number of hydrogen-bond donors (Lipinski definition) is 1. The minimum absolute atomic E-state index is 0.108. The van der Waals surface area contributed by atoms with Crippen molar-refractivity contribution >= 4 is 5.91 Å². The van der Waals surface area contributed by atoms with E-state index in [0.29, 0.717) is 25.0 Å². The van der Waals surface area contributed by atoms with E-state index in [9.17, 15) is 4.79 Å². The highest BCUT2D eigenvalue weighted by molar-refractivity contribution is 5.94. The number of hydrogen-bond acceptors (Lipinski definition) is 4. The van der Waals surface area contributed by atoms with Gasteiger partial charge in [-0.25, -0.2) is 4.98 Å². The second-order valence-corrected chi connectivity index (χ2v) is 6.96. The summed E-state index contributed by atoms with van der Waals surface area (Å²) >= 11 is 0. The number of aromatic nitrogens is 4. The van der Waals surface area contributed by atoms with E-state index in [-0.39, 0.29) is 11.8 Å². The Morgan fingerprint density at radius 3 is 2.92 bits per heavy atom. The lowest BCUT2D eigenvalue weighted by Gasteiger charge is -2.15. The van der Waals surface area contributed by atoms with Gasteiger partial charge in [-0.2, -0.15) is 5.10 Å². The van der Waals surface area contributed by atoms with E-state index in [0.717, 1.165) is 23.8 Å². The molecular formula is C17H23N5O2. The first-order valence-corrected chi connectivity index (χ1v) is 8.47. The van der Waals surface area contributed by atoms with Gasteiger partial charge in [0.15, 0.2) is 11.6 Å². The van der Waals surface area contributed by atoms with Crippen LogP contribution in [0.2, 0.25) is 0 Å². The molecular weight excluding hydrogens is 306 g/mol. The number of aryl methyl sites for hydroxylation is 1. The van der Waals surface area contributed by atoms with Gasteiger partial charge < -0.3 is 14.2 Å². The lowest BCUT2D eigenvalue weighted by molar-refractivity contribution is 0.0784. The van der Waals surface area contributed by atoms with Gasteiger partial charge in [-0.15, -0.1) is 0 Å². The summed E-state index contributed by atoms with van der Waals surface area (Å²) in [6.07, 6.45) is 6.30. The van der Waals surface area contributed by atoms with Crippen molar-refractivity contribution in [2.45, 2.75) is 25.4 Å². The molecule has 24 heavy (non-hydrogen) atoms. The van der Waals surface area contributed by atoms with E-state index >= 15 is 0 Å². The molecule has 2 aliphatic rings. The molecule has 0 bridgehead atoms. The average molecular weight is 329 g/mol. The molecule has 2 atom stereocenters. The fourth-order valence-electron chi connectivity index (χ4n) is 3.76. The topological polar surface area (TPSA) is 76.0 Å². The summed E-state index contributed by atoms with van der Waals surface area (Å²) in [5.41, 5.74) is 0.753. The van der Waals surface area contributed by atoms with Gasteiger partial charge in [0.05, 0.1) is 5.56 Å². The van der Waals surface area contributed by atoms with Crippen molar-refractivity contribution < 1.29 is 9.53 Å². The molecule has 128 valence electrons. The van der Waals surface area contributed by atoms with E-state index in [2.05, 4.69) is 15.2 Å². The highest BCUT2D eigenvalue weighted by Gasteiger charge is 2.46. The molecule has 1 amide bonds. The molecule has 4 rings (SSSR count). The van der Waals surface area contributed by atoms with Gasteiger partial charge in [-0.1, -0.05) is 0 Å². The zero-order valence-electron chi connectivity index (χ0n) is 14.1. The van der Waals surface area contributed by atoms with Crippen molar-refractivity contribution in [2.75, 3.05) is 20.2 Å². The van der Waals surface area contributed by atoms with Gasteiger partial charge >= 0.3 is 0 Å². The number of carbonyl (C=O) groups excluding carboxylic acids is 1. The van der Waals surface area contributed by atoms with E-state index in [4.69, 9.17) is 4.74 Å². The lowest BCUT2D eigenvalue weighted by atomic mass is 9.91. The normalized spacial score (nSPS) is 23.8. The molecule has 1 saturated heterocycles. The molecule has 2 aromatic rings. The molecule has 7 heteroatoms. The molecule has 0 radical (unpaired) electrons. The van der Waals surface area contributed by atoms with Crippen LogP contribution in [-0.2, 0) is 18.4 Å². The maximum atomic E-state index is 12.8. The van der Waals surface area contributed by atoms with Crippen molar-refractivity contribution in [3.8, 4) is 0 Å². The smallest absolute Gasteiger partial charge is 0.255 e. The lowest BCUT2D eigenvalue weighted by Crippen LogP contribution is -2.28. The maximum Gasteiger partial charge on any atom is 0.255 e. The molecule has 1 aliphatic carbocycles. The standard InChI is InChI=1S/C17H23N5O2/c1-21-6-5-12(7-21)17(23)22-8-13(11-3-4-11)14(9-22)16-18-15(10-24-2)19-20-16/h5-7,11,13-14H,3-4,8-10H2,1-2H3,(H,18,19,20)/t13-,14+/m1/s1. The number of rotatable bonds is 5. The highest BCUT2D eigenvalue weighted by Crippen LogP contribution is 2.47. The highest BCUT2D eigenvalue weighted by atomic mass is 16.5. The Morgan fingerprint density at radius 1 is 1.42 bits per heavy atom. The van der Waals surface area contributed by atoms with Crippen molar-refractivity contribution in [3.05, 3.63) is 35.7 Å². The predicted octanol–water partition coefficient (Wildman–Crippen LogP) is 1.56. The molecule has 3 heterocycles. The van der Waals surface area contributed by atoms with E-state index < -0.39 is 0 Å². The Hall–Kier alpha value is -2.15. The molecule has 2 fully saturated rings. The number of ether oxygens (including phenoxy) is 1. The summed E-state index contributed by atoms with van der Waals surface area (Å²) in [7, 11) is 3.58. The Labute approximate surface area is 141 Å². The Morgan fingerprint density at radius 2 is 2.25 bits per heavy atom. The number of likely N-dealkylation sites (tertiary alicyclic amines) is 1. The molecule has 1 aliphatic heterocycles. The third-order valence-electron chi connectivity index (χ3n) is 5.12. The molecule has 1 N–H and O–H groups in total. The molecule has 0 spiro atoms. The van der Waals surface area contributed by atoms with Crippen LogP contribution in [0.15, 0.2) is 18.5 Å². The molecule has 1 saturated carbocycles. The Kier molecular flexibility index (Phi) is 3.88. The van der Waals surface area contributed by atoms with Crippen molar-refractivity contribution in [1.29, 1.82) is 0 Å². The van der Waals surface area contributed by atoms with Gasteiger partial charge in [0, 0.05) is 45.6 Å². The minimum atomic E-state index is 0.108. The van der Waals surface area contributed by atoms with Gasteiger partial charge in [-0.3, -0.25) is 9.89 Å². The largest absolute Gasteiger partial charge is 0.377 e. The van der Waals surface area contributed by atoms with Gasteiger partial charge in [-0.05, 0) is 30.7 Å². The fraction of sp³-hybridized carbons (Fsp3) is 0.588. The predicted molar refractivity (Wildman–Crippen MR) is 87.4 cm³/mol. The van der Waals surface area contributed by atoms with Crippen LogP contribution in [0.4, 0.5) is 0 Å².